The number of nitriles is 1. The van der Waals surface area contributed by atoms with E-state index in [1.54, 1.807) is 6.92 Å². The van der Waals surface area contributed by atoms with Crippen LogP contribution in [0.5, 0.6) is 0 Å². The molecular formula is C14H18N2O4S. The zero-order valence-corrected chi connectivity index (χ0v) is 12.8. The maximum absolute atomic E-state index is 12.3. The average Bonchev–Trinajstić information content (AvgIpc) is 2.42. The summed E-state index contributed by atoms with van der Waals surface area (Å²) in [6.07, 6.45) is 1.63. The second kappa shape index (κ2) is 7.20. The molecule has 0 heterocycles. The summed E-state index contributed by atoms with van der Waals surface area (Å²) in [7, 11) is -3.93. The summed E-state index contributed by atoms with van der Waals surface area (Å²) >= 11 is 0. The van der Waals surface area contributed by atoms with Crippen molar-refractivity contribution in [3.63, 3.8) is 0 Å². The summed E-state index contributed by atoms with van der Waals surface area (Å²) < 4.78 is 26.8. The Labute approximate surface area is 124 Å². The molecule has 0 amide bonds. The van der Waals surface area contributed by atoms with Crippen molar-refractivity contribution < 1.29 is 18.3 Å². The number of sulfonamides is 1. The second-order valence-electron chi connectivity index (χ2n) is 4.75. The van der Waals surface area contributed by atoms with Crippen LogP contribution in [-0.2, 0) is 14.8 Å². The molecule has 2 N–H and O–H groups in total. The maximum Gasteiger partial charge on any atom is 0.321 e. The molecule has 21 heavy (non-hydrogen) atoms. The molecule has 0 aliphatic carbocycles. The van der Waals surface area contributed by atoms with E-state index in [2.05, 4.69) is 4.72 Å². The summed E-state index contributed by atoms with van der Waals surface area (Å²) in [6.45, 7) is 3.47. The van der Waals surface area contributed by atoms with Crippen LogP contribution in [0, 0.1) is 18.3 Å². The Hall–Kier alpha value is -1.91. The Morgan fingerprint density at radius 3 is 2.62 bits per heavy atom. The van der Waals surface area contributed by atoms with Gasteiger partial charge in [-0.15, -0.1) is 0 Å². The molecule has 1 rings (SSSR count). The molecule has 0 bridgehead atoms. The topological polar surface area (TPSA) is 107 Å². The number of benzene rings is 1. The molecule has 0 radical (unpaired) electrons. The molecule has 0 spiro atoms. The number of carboxylic acids is 1. The minimum absolute atomic E-state index is 0.00996. The van der Waals surface area contributed by atoms with Gasteiger partial charge in [0, 0.05) is 0 Å². The summed E-state index contributed by atoms with van der Waals surface area (Å²) in [4.78, 5) is 11.1. The zero-order chi connectivity index (χ0) is 16.0. The summed E-state index contributed by atoms with van der Waals surface area (Å²) in [5.41, 5.74) is 0.758. The Morgan fingerprint density at radius 2 is 2.14 bits per heavy atom. The third-order valence-corrected chi connectivity index (χ3v) is 4.67. The van der Waals surface area contributed by atoms with Gasteiger partial charge in [-0.3, -0.25) is 4.79 Å². The molecule has 0 aliphatic rings. The van der Waals surface area contributed by atoms with Gasteiger partial charge in [0.05, 0.1) is 16.5 Å². The lowest BCUT2D eigenvalue weighted by atomic mass is 10.1. The van der Waals surface area contributed by atoms with Crippen LogP contribution in [0.1, 0.15) is 37.3 Å². The minimum atomic E-state index is -3.93. The lowest BCUT2D eigenvalue weighted by Gasteiger charge is -2.15. The molecule has 6 nitrogen and oxygen atoms in total. The van der Waals surface area contributed by atoms with Gasteiger partial charge in [0.2, 0.25) is 10.0 Å². The lowest BCUT2D eigenvalue weighted by molar-refractivity contribution is -0.139. The van der Waals surface area contributed by atoms with Gasteiger partial charge in [0.25, 0.3) is 0 Å². The van der Waals surface area contributed by atoms with Crippen LogP contribution < -0.4 is 4.72 Å². The number of nitrogens with one attached hydrogen (secondary N) is 1. The largest absolute Gasteiger partial charge is 0.480 e. The smallest absolute Gasteiger partial charge is 0.321 e. The van der Waals surface area contributed by atoms with Crippen molar-refractivity contribution >= 4 is 16.0 Å². The Bertz CT molecular complexity index is 662. The highest BCUT2D eigenvalue weighted by Gasteiger charge is 2.26. The van der Waals surface area contributed by atoms with E-state index in [1.807, 2.05) is 13.0 Å². The number of carbonyl (C=O) groups is 1. The SMILES string of the molecule is CCCC[C@H](NS(=O)(=O)c1ccc(C#N)cc1C)C(=O)O. The fourth-order valence-corrected chi connectivity index (χ4v) is 3.36. The lowest BCUT2D eigenvalue weighted by Crippen LogP contribution is -2.40. The quantitative estimate of drug-likeness (QED) is 0.798. The Balaban J connectivity index is 3.05. The van der Waals surface area contributed by atoms with Crippen molar-refractivity contribution in [1.29, 1.82) is 5.26 Å². The standard InChI is InChI=1S/C14H18N2O4S/c1-3-4-5-12(14(17)18)16-21(19,20)13-7-6-11(9-15)8-10(13)2/h6-8,12,16H,3-5H2,1-2H3,(H,17,18)/t12-/m0/s1. The van der Waals surface area contributed by atoms with Gasteiger partial charge >= 0.3 is 5.97 Å². The maximum atomic E-state index is 12.3. The van der Waals surface area contributed by atoms with Crippen molar-refractivity contribution in [2.45, 2.75) is 44.0 Å². The normalized spacial score (nSPS) is 12.6. The summed E-state index contributed by atoms with van der Waals surface area (Å²) in [5.74, 6) is -1.20. The summed E-state index contributed by atoms with van der Waals surface area (Å²) in [5, 5.41) is 17.9. The molecule has 0 saturated heterocycles. The fourth-order valence-electron chi connectivity index (χ4n) is 1.91. The molecule has 0 aromatic heterocycles. The molecule has 7 heteroatoms. The predicted molar refractivity (Wildman–Crippen MR) is 77.2 cm³/mol. The van der Waals surface area contributed by atoms with Gasteiger partial charge in [-0.25, -0.2) is 8.42 Å². The van der Waals surface area contributed by atoms with Crippen molar-refractivity contribution in [2.24, 2.45) is 0 Å². The molecule has 114 valence electrons. The number of carboxylic acid groups (broad SMARTS) is 1. The van der Waals surface area contributed by atoms with E-state index in [1.165, 1.54) is 18.2 Å². The van der Waals surface area contributed by atoms with Crippen LogP contribution in [0.15, 0.2) is 23.1 Å². The molecule has 0 saturated carbocycles. The molecule has 0 unspecified atom stereocenters. The number of hydrogen-bond acceptors (Lipinski definition) is 4. The van der Waals surface area contributed by atoms with Crippen molar-refractivity contribution in [3.8, 4) is 6.07 Å². The first-order valence-corrected chi connectivity index (χ1v) is 8.06. The molecule has 1 aromatic carbocycles. The van der Waals surface area contributed by atoms with E-state index in [9.17, 15) is 13.2 Å². The third-order valence-electron chi connectivity index (χ3n) is 3.04. The zero-order valence-electron chi connectivity index (χ0n) is 12.0. The van der Waals surface area contributed by atoms with E-state index in [4.69, 9.17) is 10.4 Å². The number of hydrogen-bond donors (Lipinski definition) is 2. The first kappa shape index (κ1) is 17.1. The van der Waals surface area contributed by atoms with Gasteiger partial charge in [-0.2, -0.15) is 9.98 Å². The van der Waals surface area contributed by atoms with Crippen molar-refractivity contribution in [2.75, 3.05) is 0 Å². The highest BCUT2D eigenvalue weighted by atomic mass is 32.2. The van der Waals surface area contributed by atoms with Crippen molar-refractivity contribution in [1.82, 2.24) is 4.72 Å². The number of unbranched alkanes of at least 4 members (excludes halogenated alkanes) is 1. The Kier molecular flexibility index (Phi) is 5.88. The molecule has 1 aromatic rings. The third kappa shape index (κ3) is 4.55. The fraction of sp³-hybridized carbons (Fsp3) is 0.429. The highest BCUT2D eigenvalue weighted by molar-refractivity contribution is 7.89. The minimum Gasteiger partial charge on any atom is -0.480 e. The molecule has 1 atom stereocenters. The predicted octanol–water partition coefficient (Wildman–Crippen LogP) is 1.79. The molecule has 0 aliphatic heterocycles. The highest BCUT2D eigenvalue weighted by Crippen LogP contribution is 2.17. The first-order valence-electron chi connectivity index (χ1n) is 6.57. The number of aryl methyl sites for hydroxylation is 1. The molecule has 0 fully saturated rings. The van der Waals surface area contributed by atoms with Crippen LogP contribution in [0.3, 0.4) is 0 Å². The van der Waals surface area contributed by atoms with E-state index in [0.29, 0.717) is 17.5 Å². The van der Waals surface area contributed by atoms with Crippen molar-refractivity contribution in [3.05, 3.63) is 29.3 Å². The van der Waals surface area contributed by atoms with Crippen LogP contribution in [0.2, 0.25) is 0 Å². The number of rotatable bonds is 7. The van der Waals surface area contributed by atoms with E-state index >= 15 is 0 Å². The van der Waals surface area contributed by atoms with Gasteiger partial charge in [-0.1, -0.05) is 19.8 Å². The molecular weight excluding hydrogens is 292 g/mol. The van der Waals surface area contributed by atoms with Crippen LogP contribution in [-0.4, -0.2) is 25.5 Å². The van der Waals surface area contributed by atoms with Crippen LogP contribution >= 0.6 is 0 Å². The van der Waals surface area contributed by atoms with Gasteiger partial charge in [-0.05, 0) is 37.1 Å². The average molecular weight is 310 g/mol. The van der Waals surface area contributed by atoms with Gasteiger partial charge in [0.1, 0.15) is 6.04 Å². The number of nitrogens with zero attached hydrogens (tertiary/aromatic N) is 1. The van der Waals surface area contributed by atoms with E-state index in [-0.39, 0.29) is 11.3 Å². The van der Waals surface area contributed by atoms with E-state index < -0.39 is 22.0 Å². The number of aliphatic carboxylic acids is 1. The Morgan fingerprint density at radius 1 is 1.48 bits per heavy atom. The van der Waals surface area contributed by atoms with Gasteiger partial charge < -0.3 is 5.11 Å². The monoisotopic (exact) mass is 310 g/mol. The van der Waals surface area contributed by atoms with Gasteiger partial charge in [0.15, 0.2) is 0 Å². The summed E-state index contributed by atoms with van der Waals surface area (Å²) in [6, 6.07) is 4.94. The van der Waals surface area contributed by atoms with E-state index in [0.717, 1.165) is 6.42 Å². The second-order valence-corrected chi connectivity index (χ2v) is 6.43. The first-order chi connectivity index (χ1) is 9.81. The van der Waals surface area contributed by atoms with Crippen LogP contribution in [0.25, 0.3) is 0 Å². The van der Waals surface area contributed by atoms with Crippen LogP contribution in [0.4, 0.5) is 0 Å².